The molecule has 0 saturated heterocycles. The van der Waals surface area contributed by atoms with Crippen molar-refractivity contribution in [3.05, 3.63) is 52.8 Å². The van der Waals surface area contributed by atoms with Crippen LogP contribution in [-0.4, -0.2) is 16.1 Å². The lowest BCUT2D eigenvalue weighted by Crippen LogP contribution is -2.06. The summed E-state index contributed by atoms with van der Waals surface area (Å²) >= 11 is 0. The molecule has 98 valence electrons. The lowest BCUT2D eigenvalue weighted by Gasteiger charge is -2.11. The van der Waals surface area contributed by atoms with Gasteiger partial charge in [-0.1, -0.05) is 12.1 Å². The molecule has 0 aliphatic rings. The zero-order valence-electron chi connectivity index (χ0n) is 11.1. The molecule has 0 radical (unpaired) electrons. The SMILES string of the molecule is Cc1cccc(Oc2cc(C)nc(C)c2C(=O)O)c1. The van der Waals surface area contributed by atoms with Crippen molar-refractivity contribution < 1.29 is 14.6 Å². The number of aromatic carboxylic acids is 1. The number of aryl methyl sites for hydroxylation is 3. The summed E-state index contributed by atoms with van der Waals surface area (Å²) in [6.07, 6.45) is 0. The number of nitrogens with zero attached hydrogens (tertiary/aromatic N) is 1. The highest BCUT2D eigenvalue weighted by Crippen LogP contribution is 2.28. The van der Waals surface area contributed by atoms with E-state index in [2.05, 4.69) is 4.98 Å². The molecule has 2 aromatic rings. The molecule has 0 bridgehead atoms. The number of hydrogen-bond donors (Lipinski definition) is 1. The Morgan fingerprint density at radius 1 is 1.21 bits per heavy atom. The molecule has 0 spiro atoms. The van der Waals surface area contributed by atoms with Gasteiger partial charge in [0.05, 0.1) is 5.69 Å². The topological polar surface area (TPSA) is 59.4 Å². The van der Waals surface area contributed by atoms with Crippen molar-refractivity contribution in [3.63, 3.8) is 0 Å². The third-order valence-corrected chi connectivity index (χ3v) is 2.72. The van der Waals surface area contributed by atoms with Crippen LogP contribution in [0.4, 0.5) is 0 Å². The molecular formula is C15H15NO3. The number of rotatable bonds is 3. The molecule has 4 heteroatoms. The molecule has 0 amide bonds. The third kappa shape index (κ3) is 2.91. The van der Waals surface area contributed by atoms with Crippen LogP contribution in [0.2, 0.25) is 0 Å². The molecule has 0 atom stereocenters. The van der Waals surface area contributed by atoms with Gasteiger partial charge in [-0.05, 0) is 38.5 Å². The minimum atomic E-state index is -1.03. The first-order valence-electron chi connectivity index (χ1n) is 5.93. The van der Waals surface area contributed by atoms with Gasteiger partial charge in [-0.3, -0.25) is 4.98 Å². The Labute approximate surface area is 111 Å². The number of carboxylic acids is 1. The first kappa shape index (κ1) is 13.1. The fourth-order valence-corrected chi connectivity index (χ4v) is 1.94. The molecule has 19 heavy (non-hydrogen) atoms. The third-order valence-electron chi connectivity index (χ3n) is 2.72. The molecule has 0 unspecified atom stereocenters. The van der Waals surface area contributed by atoms with Gasteiger partial charge in [-0.25, -0.2) is 4.79 Å². The maximum atomic E-state index is 11.3. The summed E-state index contributed by atoms with van der Waals surface area (Å²) in [7, 11) is 0. The van der Waals surface area contributed by atoms with Crippen molar-refractivity contribution in [3.8, 4) is 11.5 Å². The predicted molar refractivity (Wildman–Crippen MR) is 71.9 cm³/mol. The lowest BCUT2D eigenvalue weighted by molar-refractivity contribution is 0.0693. The molecule has 4 nitrogen and oxygen atoms in total. The average molecular weight is 257 g/mol. The summed E-state index contributed by atoms with van der Waals surface area (Å²) in [5, 5.41) is 9.25. The normalized spacial score (nSPS) is 10.3. The van der Waals surface area contributed by atoms with Crippen LogP contribution in [0, 0.1) is 20.8 Å². The van der Waals surface area contributed by atoms with Crippen molar-refractivity contribution in [1.29, 1.82) is 0 Å². The van der Waals surface area contributed by atoms with E-state index in [1.54, 1.807) is 19.1 Å². The standard InChI is InChI=1S/C15H15NO3/c1-9-5-4-6-12(7-9)19-13-8-10(2)16-11(3)14(13)15(17)18/h4-8H,1-3H3,(H,17,18). The molecule has 0 fully saturated rings. The van der Waals surface area contributed by atoms with Gasteiger partial charge in [0.2, 0.25) is 0 Å². The van der Waals surface area contributed by atoms with Crippen molar-refractivity contribution in [2.45, 2.75) is 20.8 Å². The number of pyridine rings is 1. The number of hydrogen-bond acceptors (Lipinski definition) is 3. The van der Waals surface area contributed by atoms with Crippen LogP contribution in [0.25, 0.3) is 0 Å². The van der Waals surface area contributed by atoms with Crippen LogP contribution in [0.3, 0.4) is 0 Å². The highest BCUT2D eigenvalue weighted by atomic mass is 16.5. The summed E-state index contributed by atoms with van der Waals surface area (Å²) in [6, 6.07) is 9.11. The number of carbonyl (C=O) groups is 1. The van der Waals surface area contributed by atoms with Crippen molar-refractivity contribution in [1.82, 2.24) is 4.98 Å². The van der Waals surface area contributed by atoms with E-state index in [4.69, 9.17) is 4.74 Å². The van der Waals surface area contributed by atoms with Crippen LogP contribution in [0.15, 0.2) is 30.3 Å². The van der Waals surface area contributed by atoms with Crippen LogP contribution in [0.5, 0.6) is 11.5 Å². The Bertz CT molecular complexity index is 635. The van der Waals surface area contributed by atoms with Crippen LogP contribution >= 0.6 is 0 Å². The maximum absolute atomic E-state index is 11.3. The molecule has 1 heterocycles. The summed E-state index contributed by atoms with van der Waals surface area (Å²) in [4.78, 5) is 15.4. The van der Waals surface area contributed by atoms with Gasteiger partial charge in [0, 0.05) is 11.8 Å². The second-order valence-corrected chi connectivity index (χ2v) is 4.45. The van der Waals surface area contributed by atoms with E-state index in [0.717, 1.165) is 11.3 Å². The Kier molecular flexibility index (Phi) is 3.51. The molecule has 1 aromatic heterocycles. The Morgan fingerprint density at radius 2 is 1.95 bits per heavy atom. The Hall–Kier alpha value is -2.36. The van der Waals surface area contributed by atoms with Crippen molar-refractivity contribution in [2.75, 3.05) is 0 Å². The maximum Gasteiger partial charge on any atom is 0.341 e. The smallest absolute Gasteiger partial charge is 0.341 e. The number of benzene rings is 1. The van der Waals surface area contributed by atoms with E-state index in [0.29, 0.717) is 17.2 Å². The summed E-state index contributed by atoms with van der Waals surface area (Å²) < 4.78 is 5.69. The van der Waals surface area contributed by atoms with E-state index in [1.807, 2.05) is 32.0 Å². The number of carboxylic acid groups (broad SMARTS) is 1. The first-order chi connectivity index (χ1) is 8.97. The van der Waals surface area contributed by atoms with Gasteiger partial charge in [0.15, 0.2) is 0 Å². The molecule has 0 aliphatic carbocycles. The summed E-state index contributed by atoms with van der Waals surface area (Å²) in [5.74, 6) is -0.0942. The molecule has 2 rings (SSSR count). The Balaban J connectivity index is 2.47. The number of ether oxygens (including phenoxy) is 1. The van der Waals surface area contributed by atoms with E-state index in [-0.39, 0.29) is 5.56 Å². The largest absolute Gasteiger partial charge is 0.477 e. The van der Waals surface area contributed by atoms with E-state index in [1.165, 1.54) is 0 Å². The van der Waals surface area contributed by atoms with E-state index in [9.17, 15) is 9.90 Å². The van der Waals surface area contributed by atoms with Gasteiger partial charge in [-0.15, -0.1) is 0 Å². The van der Waals surface area contributed by atoms with Crippen molar-refractivity contribution >= 4 is 5.97 Å². The fourth-order valence-electron chi connectivity index (χ4n) is 1.94. The minimum Gasteiger partial charge on any atom is -0.477 e. The molecule has 0 saturated carbocycles. The van der Waals surface area contributed by atoms with Gasteiger partial charge in [0.25, 0.3) is 0 Å². The minimum absolute atomic E-state index is 0.104. The zero-order valence-corrected chi connectivity index (χ0v) is 11.1. The monoisotopic (exact) mass is 257 g/mol. The van der Waals surface area contributed by atoms with Crippen LogP contribution in [-0.2, 0) is 0 Å². The van der Waals surface area contributed by atoms with Crippen LogP contribution in [0.1, 0.15) is 27.3 Å². The van der Waals surface area contributed by atoms with Gasteiger partial charge in [-0.2, -0.15) is 0 Å². The second kappa shape index (κ2) is 5.10. The van der Waals surface area contributed by atoms with Gasteiger partial charge in [0.1, 0.15) is 17.1 Å². The van der Waals surface area contributed by atoms with Crippen LogP contribution < -0.4 is 4.74 Å². The number of aromatic nitrogens is 1. The second-order valence-electron chi connectivity index (χ2n) is 4.45. The van der Waals surface area contributed by atoms with E-state index < -0.39 is 5.97 Å². The molecule has 0 aliphatic heterocycles. The predicted octanol–water partition coefficient (Wildman–Crippen LogP) is 3.50. The highest BCUT2D eigenvalue weighted by molar-refractivity contribution is 5.92. The average Bonchev–Trinajstić information content (AvgIpc) is 2.26. The first-order valence-corrected chi connectivity index (χ1v) is 5.93. The molecule has 1 aromatic carbocycles. The summed E-state index contributed by atoms with van der Waals surface area (Å²) in [5.41, 5.74) is 2.34. The molecule has 1 N–H and O–H groups in total. The van der Waals surface area contributed by atoms with Gasteiger partial charge < -0.3 is 9.84 Å². The van der Waals surface area contributed by atoms with Gasteiger partial charge >= 0.3 is 5.97 Å². The summed E-state index contributed by atoms with van der Waals surface area (Å²) in [6.45, 7) is 5.43. The highest BCUT2D eigenvalue weighted by Gasteiger charge is 2.17. The Morgan fingerprint density at radius 3 is 2.58 bits per heavy atom. The fraction of sp³-hybridized carbons (Fsp3) is 0.200. The quantitative estimate of drug-likeness (QED) is 0.914. The van der Waals surface area contributed by atoms with E-state index >= 15 is 0 Å². The van der Waals surface area contributed by atoms with Crippen molar-refractivity contribution in [2.24, 2.45) is 0 Å². The zero-order chi connectivity index (χ0) is 14.0. The molecular weight excluding hydrogens is 242 g/mol. The lowest BCUT2D eigenvalue weighted by atomic mass is 10.1.